The summed E-state index contributed by atoms with van der Waals surface area (Å²) in [4.78, 5) is 14.0. The number of carbonyl (C=O) groups is 1. The fourth-order valence-corrected chi connectivity index (χ4v) is 3.30. The van der Waals surface area contributed by atoms with Crippen LogP contribution in [0.4, 0.5) is 5.69 Å². The zero-order valence-electron chi connectivity index (χ0n) is 14.6. The maximum Gasteiger partial charge on any atom is 0.261 e. The Labute approximate surface area is 148 Å². The van der Waals surface area contributed by atoms with E-state index in [1.807, 2.05) is 26.0 Å². The molecule has 0 saturated carbocycles. The summed E-state index contributed by atoms with van der Waals surface area (Å²) in [7, 11) is -2.13. The number of nitrogens with one attached hydrogen (secondary N) is 1. The van der Waals surface area contributed by atoms with Crippen LogP contribution in [0, 0.1) is 6.92 Å². The smallest absolute Gasteiger partial charge is 0.261 e. The molecule has 1 atom stereocenters. The second-order valence-corrected chi connectivity index (χ2v) is 7.68. The third-order valence-electron chi connectivity index (χ3n) is 4.02. The van der Waals surface area contributed by atoms with E-state index in [-0.39, 0.29) is 16.8 Å². The number of carbonyl (C=O) groups excluding carboxylic acids is 1. The first-order chi connectivity index (χ1) is 11.7. The van der Waals surface area contributed by atoms with Gasteiger partial charge in [-0.3, -0.25) is 9.52 Å². The lowest BCUT2D eigenvalue weighted by Crippen LogP contribution is -2.39. The van der Waals surface area contributed by atoms with Gasteiger partial charge in [0.2, 0.25) is 0 Å². The van der Waals surface area contributed by atoms with Crippen LogP contribution < -0.4 is 10.5 Å². The molecule has 0 fully saturated rings. The first kappa shape index (κ1) is 19.0. The number of aryl methyl sites for hydroxylation is 1. The van der Waals surface area contributed by atoms with Gasteiger partial charge in [0.15, 0.2) is 0 Å². The fraction of sp³-hybridized carbons (Fsp3) is 0.278. The summed E-state index contributed by atoms with van der Waals surface area (Å²) < 4.78 is 27.6. The minimum atomic E-state index is -3.78. The molecule has 1 amide bonds. The number of benzene rings is 2. The van der Waals surface area contributed by atoms with E-state index >= 15 is 0 Å². The molecule has 0 aliphatic heterocycles. The summed E-state index contributed by atoms with van der Waals surface area (Å²) in [6.07, 6.45) is 0. The van der Waals surface area contributed by atoms with Gasteiger partial charge in [-0.05, 0) is 44.2 Å². The molecule has 0 bridgehead atoms. The van der Waals surface area contributed by atoms with Crippen LogP contribution in [0.3, 0.4) is 0 Å². The number of amides is 1. The molecule has 0 heterocycles. The van der Waals surface area contributed by atoms with Gasteiger partial charge < -0.3 is 10.6 Å². The Kier molecular flexibility index (Phi) is 5.81. The largest absolute Gasteiger partial charge is 0.338 e. The van der Waals surface area contributed by atoms with Crippen LogP contribution >= 0.6 is 0 Å². The normalized spacial score (nSPS) is 12.5. The number of nitrogens with zero attached hydrogens (tertiary/aromatic N) is 1. The number of sulfonamides is 1. The molecule has 25 heavy (non-hydrogen) atoms. The predicted octanol–water partition coefficient (Wildman–Crippen LogP) is 2.22. The summed E-state index contributed by atoms with van der Waals surface area (Å²) in [5.74, 6) is -0.273. The van der Waals surface area contributed by atoms with Crippen molar-refractivity contribution < 1.29 is 13.2 Å². The molecule has 0 aromatic heterocycles. The van der Waals surface area contributed by atoms with Crippen molar-refractivity contribution in [2.75, 3.05) is 18.3 Å². The van der Waals surface area contributed by atoms with Crippen LogP contribution in [0.1, 0.15) is 22.8 Å². The van der Waals surface area contributed by atoms with Gasteiger partial charge in [-0.1, -0.05) is 23.8 Å². The first-order valence-corrected chi connectivity index (χ1v) is 9.39. The van der Waals surface area contributed by atoms with Gasteiger partial charge in [0, 0.05) is 30.9 Å². The standard InChI is InChI=1S/C18H23N3O3S/c1-13-7-9-16(10-8-13)20-25(23,24)17-6-4-5-15(11-17)18(22)21(3)14(2)12-19/h4-11,14,20H,12,19H2,1-3H3. The van der Waals surface area contributed by atoms with Crippen LogP contribution in [-0.2, 0) is 10.0 Å². The molecular formula is C18H23N3O3S. The lowest BCUT2D eigenvalue weighted by molar-refractivity contribution is 0.0748. The Balaban J connectivity index is 2.27. The molecule has 2 aromatic carbocycles. The molecule has 0 saturated heterocycles. The van der Waals surface area contributed by atoms with E-state index in [4.69, 9.17) is 5.73 Å². The quantitative estimate of drug-likeness (QED) is 0.825. The highest BCUT2D eigenvalue weighted by Gasteiger charge is 2.20. The molecule has 0 radical (unpaired) electrons. The van der Waals surface area contributed by atoms with E-state index in [0.29, 0.717) is 17.8 Å². The van der Waals surface area contributed by atoms with Crippen LogP contribution in [0.5, 0.6) is 0 Å². The van der Waals surface area contributed by atoms with Crippen LogP contribution in [0.25, 0.3) is 0 Å². The summed E-state index contributed by atoms with van der Waals surface area (Å²) in [5.41, 5.74) is 7.39. The van der Waals surface area contributed by atoms with E-state index in [2.05, 4.69) is 4.72 Å². The monoisotopic (exact) mass is 361 g/mol. The van der Waals surface area contributed by atoms with Gasteiger partial charge in [0.1, 0.15) is 0 Å². The summed E-state index contributed by atoms with van der Waals surface area (Å²) in [6.45, 7) is 4.08. The SMILES string of the molecule is Cc1ccc(NS(=O)(=O)c2cccc(C(=O)N(C)C(C)CN)c2)cc1. The van der Waals surface area contributed by atoms with E-state index in [0.717, 1.165) is 5.56 Å². The Morgan fingerprint density at radius 1 is 1.20 bits per heavy atom. The Bertz CT molecular complexity index is 848. The maximum atomic E-state index is 12.6. The van der Waals surface area contributed by atoms with E-state index in [9.17, 15) is 13.2 Å². The third kappa shape index (κ3) is 4.58. The average molecular weight is 361 g/mol. The van der Waals surface area contributed by atoms with E-state index in [1.165, 1.54) is 17.0 Å². The second-order valence-electron chi connectivity index (χ2n) is 6.00. The van der Waals surface area contributed by atoms with E-state index < -0.39 is 10.0 Å². The zero-order chi connectivity index (χ0) is 18.6. The first-order valence-electron chi connectivity index (χ1n) is 7.91. The lowest BCUT2D eigenvalue weighted by Gasteiger charge is -2.23. The molecule has 2 aromatic rings. The molecular weight excluding hydrogens is 338 g/mol. The summed E-state index contributed by atoms with van der Waals surface area (Å²) >= 11 is 0. The number of rotatable bonds is 6. The van der Waals surface area contributed by atoms with Crippen molar-refractivity contribution >= 4 is 21.6 Å². The number of anilines is 1. The van der Waals surface area contributed by atoms with Crippen molar-refractivity contribution in [2.24, 2.45) is 5.73 Å². The molecule has 2 rings (SSSR count). The highest BCUT2D eigenvalue weighted by atomic mass is 32.2. The lowest BCUT2D eigenvalue weighted by atomic mass is 10.2. The van der Waals surface area contributed by atoms with Gasteiger partial charge in [0.05, 0.1) is 4.90 Å². The van der Waals surface area contributed by atoms with Crippen molar-refractivity contribution in [1.82, 2.24) is 4.90 Å². The average Bonchev–Trinajstić information content (AvgIpc) is 2.61. The number of hydrogen-bond donors (Lipinski definition) is 2. The van der Waals surface area contributed by atoms with Gasteiger partial charge in [0.25, 0.3) is 15.9 Å². The molecule has 134 valence electrons. The highest BCUT2D eigenvalue weighted by molar-refractivity contribution is 7.92. The number of likely N-dealkylation sites (N-methyl/N-ethyl adjacent to an activating group) is 1. The molecule has 1 unspecified atom stereocenters. The number of hydrogen-bond acceptors (Lipinski definition) is 4. The molecule has 7 heteroatoms. The topological polar surface area (TPSA) is 92.5 Å². The van der Waals surface area contributed by atoms with Crippen molar-refractivity contribution in [3.63, 3.8) is 0 Å². The summed E-state index contributed by atoms with van der Waals surface area (Å²) in [5, 5.41) is 0. The van der Waals surface area contributed by atoms with Crippen LogP contribution in [0.2, 0.25) is 0 Å². The van der Waals surface area contributed by atoms with Crippen molar-refractivity contribution in [1.29, 1.82) is 0 Å². The molecule has 0 aliphatic rings. The zero-order valence-corrected chi connectivity index (χ0v) is 15.4. The minimum absolute atomic E-state index is 0.0349. The van der Waals surface area contributed by atoms with Gasteiger partial charge in [-0.15, -0.1) is 0 Å². The minimum Gasteiger partial charge on any atom is -0.338 e. The van der Waals surface area contributed by atoms with Crippen LogP contribution in [-0.4, -0.2) is 38.9 Å². The van der Waals surface area contributed by atoms with Crippen LogP contribution in [0.15, 0.2) is 53.4 Å². The Morgan fingerprint density at radius 3 is 2.44 bits per heavy atom. The fourth-order valence-electron chi connectivity index (χ4n) is 2.19. The predicted molar refractivity (Wildman–Crippen MR) is 99.0 cm³/mol. The highest BCUT2D eigenvalue weighted by Crippen LogP contribution is 2.18. The molecule has 6 nitrogen and oxygen atoms in total. The van der Waals surface area contributed by atoms with Crippen molar-refractivity contribution in [3.8, 4) is 0 Å². The third-order valence-corrected chi connectivity index (χ3v) is 5.40. The molecule has 3 N–H and O–H groups in total. The van der Waals surface area contributed by atoms with E-state index in [1.54, 1.807) is 31.3 Å². The molecule has 0 aliphatic carbocycles. The second kappa shape index (κ2) is 7.67. The molecule has 0 spiro atoms. The Morgan fingerprint density at radius 2 is 1.84 bits per heavy atom. The Hall–Kier alpha value is -2.38. The number of nitrogens with two attached hydrogens (primary N) is 1. The van der Waals surface area contributed by atoms with Crippen molar-refractivity contribution in [3.05, 3.63) is 59.7 Å². The van der Waals surface area contributed by atoms with Gasteiger partial charge >= 0.3 is 0 Å². The summed E-state index contributed by atoms with van der Waals surface area (Å²) in [6, 6.07) is 12.9. The van der Waals surface area contributed by atoms with Crippen molar-refractivity contribution in [2.45, 2.75) is 24.8 Å². The maximum absolute atomic E-state index is 12.6. The van der Waals surface area contributed by atoms with Gasteiger partial charge in [-0.2, -0.15) is 0 Å². The van der Waals surface area contributed by atoms with Gasteiger partial charge in [-0.25, -0.2) is 8.42 Å².